The lowest BCUT2D eigenvalue weighted by Gasteiger charge is -2.20. The van der Waals surface area contributed by atoms with Crippen molar-refractivity contribution < 1.29 is 14.3 Å². The maximum absolute atomic E-state index is 12.8. The number of hydrogen-bond acceptors (Lipinski definition) is 5. The molecule has 0 saturated carbocycles. The number of carbonyl (C=O) groups excluding carboxylic acids is 1. The van der Waals surface area contributed by atoms with Crippen LogP contribution in [0.5, 0.6) is 5.75 Å². The van der Waals surface area contributed by atoms with Gasteiger partial charge in [0.15, 0.2) is 0 Å². The Morgan fingerprint density at radius 2 is 1.90 bits per heavy atom. The van der Waals surface area contributed by atoms with Crippen molar-refractivity contribution in [3.05, 3.63) is 63.6 Å². The highest BCUT2D eigenvalue weighted by Crippen LogP contribution is 2.24. The highest BCUT2D eigenvalue weighted by atomic mass is 16.5. The van der Waals surface area contributed by atoms with Crippen LogP contribution in [0, 0.1) is 5.92 Å². The van der Waals surface area contributed by atoms with Crippen molar-refractivity contribution in [2.45, 2.75) is 46.1 Å². The van der Waals surface area contributed by atoms with E-state index in [1.807, 2.05) is 18.2 Å². The second-order valence-electron chi connectivity index (χ2n) is 8.52. The zero-order valence-corrected chi connectivity index (χ0v) is 18.9. The molecule has 2 aromatic rings. The lowest BCUT2D eigenvalue weighted by molar-refractivity contribution is 0.0593. The van der Waals surface area contributed by atoms with Crippen LogP contribution in [-0.2, 0) is 24.1 Å². The van der Waals surface area contributed by atoms with Crippen LogP contribution in [0.4, 0.5) is 0 Å². The maximum Gasteiger partial charge on any atom is 0.343 e. The number of nitrogens with zero attached hydrogens (tertiary/aromatic N) is 2. The topological polar surface area (TPSA) is 60.8 Å². The van der Waals surface area contributed by atoms with Gasteiger partial charge in [0.1, 0.15) is 11.3 Å². The van der Waals surface area contributed by atoms with Gasteiger partial charge in [-0.25, -0.2) is 4.79 Å². The van der Waals surface area contributed by atoms with E-state index in [-0.39, 0.29) is 5.56 Å². The number of rotatable bonds is 9. The number of methoxy groups -OCH3 is 1. The molecule has 31 heavy (non-hydrogen) atoms. The average Bonchev–Trinajstić information content (AvgIpc) is 2.99. The predicted octanol–water partition coefficient (Wildman–Crippen LogP) is 3.55. The molecule has 0 radical (unpaired) electrons. The van der Waals surface area contributed by atoms with Gasteiger partial charge in [-0.1, -0.05) is 44.2 Å². The highest BCUT2D eigenvalue weighted by molar-refractivity contribution is 5.93. The van der Waals surface area contributed by atoms with E-state index in [0.29, 0.717) is 36.8 Å². The summed E-state index contributed by atoms with van der Waals surface area (Å²) < 4.78 is 12.7. The number of aryl methyl sites for hydroxylation is 1. The second kappa shape index (κ2) is 11.1. The third-order valence-electron chi connectivity index (χ3n) is 5.81. The number of pyridine rings is 1. The number of fused-ring (bicyclic) bond motifs is 1. The van der Waals surface area contributed by atoms with Crippen molar-refractivity contribution in [3.63, 3.8) is 0 Å². The largest absolute Gasteiger partial charge is 0.492 e. The molecule has 3 rings (SSSR count). The quantitative estimate of drug-likeness (QED) is 0.453. The van der Waals surface area contributed by atoms with Crippen LogP contribution in [0.1, 0.15) is 48.3 Å². The molecule has 2 heterocycles. The second-order valence-corrected chi connectivity index (χ2v) is 8.52. The molecule has 0 unspecified atom stereocenters. The molecule has 0 fully saturated rings. The van der Waals surface area contributed by atoms with E-state index in [4.69, 9.17) is 9.47 Å². The normalized spacial score (nSPS) is 14.2. The monoisotopic (exact) mass is 426 g/mol. The lowest BCUT2D eigenvalue weighted by Crippen LogP contribution is -2.30. The van der Waals surface area contributed by atoms with E-state index in [0.717, 1.165) is 44.6 Å². The minimum Gasteiger partial charge on any atom is -0.492 e. The Balaban J connectivity index is 1.76. The fourth-order valence-corrected chi connectivity index (χ4v) is 4.00. The molecule has 0 aliphatic carbocycles. The molecule has 1 aliphatic heterocycles. The molecule has 0 spiro atoms. The minimum absolute atomic E-state index is 0.119. The van der Waals surface area contributed by atoms with Crippen molar-refractivity contribution in [2.24, 2.45) is 5.92 Å². The lowest BCUT2D eigenvalue weighted by atomic mass is 10.1. The summed E-state index contributed by atoms with van der Waals surface area (Å²) in [6.45, 7) is 8.05. The van der Waals surface area contributed by atoms with E-state index in [2.05, 4.69) is 30.9 Å². The van der Waals surface area contributed by atoms with Crippen molar-refractivity contribution in [2.75, 3.05) is 33.4 Å². The molecule has 1 aromatic heterocycles. The molecule has 1 aromatic carbocycles. The molecule has 0 saturated heterocycles. The van der Waals surface area contributed by atoms with E-state index in [9.17, 15) is 9.59 Å². The van der Waals surface area contributed by atoms with Gasteiger partial charge in [0.2, 0.25) is 0 Å². The summed E-state index contributed by atoms with van der Waals surface area (Å²) in [5.41, 5.74) is 2.24. The summed E-state index contributed by atoms with van der Waals surface area (Å²) in [5.74, 6) is 0.527. The summed E-state index contributed by atoms with van der Waals surface area (Å²) in [6, 6.07) is 11.6. The molecular weight excluding hydrogens is 392 g/mol. The summed E-state index contributed by atoms with van der Waals surface area (Å²) in [7, 11) is 1.37. The van der Waals surface area contributed by atoms with Crippen molar-refractivity contribution >= 4 is 5.97 Å². The van der Waals surface area contributed by atoms with Crippen LogP contribution in [-0.4, -0.2) is 48.8 Å². The van der Waals surface area contributed by atoms with Gasteiger partial charge in [-0.2, -0.15) is 0 Å². The third kappa shape index (κ3) is 6.20. The first-order valence-electron chi connectivity index (χ1n) is 11.2. The van der Waals surface area contributed by atoms with Crippen LogP contribution < -0.4 is 10.3 Å². The highest BCUT2D eigenvalue weighted by Gasteiger charge is 2.26. The number of aromatic nitrogens is 1. The van der Waals surface area contributed by atoms with E-state index in [1.165, 1.54) is 18.7 Å². The van der Waals surface area contributed by atoms with Gasteiger partial charge < -0.3 is 18.9 Å². The van der Waals surface area contributed by atoms with Gasteiger partial charge in [0, 0.05) is 37.8 Å². The Morgan fingerprint density at radius 3 is 2.61 bits per heavy atom. The first-order valence-corrected chi connectivity index (χ1v) is 11.2. The van der Waals surface area contributed by atoms with Gasteiger partial charge in [-0.3, -0.25) is 4.79 Å². The zero-order chi connectivity index (χ0) is 22.2. The van der Waals surface area contributed by atoms with Crippen LogP contribution in [0.15, 0.2) is 41.2 Å². The molecule has 0 amide bonds. The minimum atomic E-state index is -0.447. The van der Waals surface area contributed by atoms with Crippen molar-refractivity contribution in [3.8, 4) is 5.75 Å². The number of hydrogen-bond donors (Lipinski definition) is 0. The van der Waals surface area contributed by atoms with E-state index >= 15 is 0 Å². The first kappa shape index (κ1) is 23.1. The SMILES string of the molecule is COC(=O)c1c(OCCCc2ccccc2)cc(=O)n2c1CCN(CCC(C)C)CC2. The smallest absolute Gasteiger partial charge is 0.343 e. The van der Waals surface area contributed by atoms with Crippen LogP contribution in [0.3, 0.4) is 0 Å². The summed E-state index contributed by atoms with van der Waals surface area (Å²) in [6.07, 6.45) is 3.42. The molecule has 1 aliphatic rings. The summed E-state index contributed by atoms with van der Waals surface area (Å²) in [5, 5.41) is 0. The Kier molecular flexibility index (Phi) is 8.29. The van der Waals surface area contributed by atoms with Gasteiger partial charge in [-0.05, 0) is 37.3 Å². The fourth-order valence-electron chi connectivity index (χ4n) is 4.00. The van der Waals surface area contributed by atoms with Crippen molar-refractivity contribution in [1.29, 1.82) is 0 Å². The first-order chi connectivity index (χ1) is 15.0. The molecule has 168 valence electrons. The van der Waals surface area contributed by atoms with Gasteiger partial charge in [0.05, 0.1) is 13.7 Å². The zero-order valence-electron chi connectivity index (χ0n) is 18.9. The molecule has 6 heteroatoms. The summed E-state index contributed by atoms with van der Waals surface area (Å²) in [4.78, 5) is 27.9. The molecule has 0 N–H and O–H groups in total. The van der Waals surface area contributed by atoms with Crippen molar-refractivity contribution in [1.82, 2.24) is 9.47 Å². The Morgan fingerprint density at radius 1 is 1.13 bits per heavy atom. The Hall–Kier alpha value is -2.60. The standard InChI is InChI=1S/C25H34N2O4/c1-19(2)11-13-26-14-12-21-24(25(29)30-3)22(18-23(28)27(21)16-15-26)31-17-7-10-20-8-5-4-6-9-20/h4-6,8-9,18-19H,7,10-17H2,1-3H3. The van der Waals surface area contributed by atoms with Gasteiger partial charge in [0.25, 0.3) is 5.56 Å². The van der Waals surface area contributed by atoms with Gasteiger partial charge in [-0.15, -0.1) is 0 Å². The van der Waals surface area contributed by atoms with Gasteiger partial charge >= 0.3 is 5.97 Å². The molecule has 0 bridgehead atoms. The Bertz CT molecular complexity index is 921. The molecule has 6 nitrogen and oxygen atoms in total. The fraction of sp³-hybridized carbons (Fsp3) is 0.520. The molecular formula is C25H34N2O4. The van der Waals surface area contributed by atoms with E-state index in [1.54, 1.807) is 4.57 Å². The summed E-state index contributed by atoms with van der Waals surface area (Å²) >= 11 is 0. The van der Waals surface area contributed by atoms with Crippen LogP contribution >= 0.6 is 0 Å². The number of carbonyl (C=O) groups is 1. The molecule has 0 atom stereocenters. The van der Waals surface area contributed by atoms with E-state index < -0.39 is 5.97 Å². The predicted molar refractivity (Wildman–Crippen MR) is 122 cm³/mol. The number of benzene rings is 1. The Labute approximate surface area is 184 Å². The maximum atomic E-state index is 12.8. The van der Waals surface area contributed by atoms with Crippen LogP contribution in [0.2, 0.25) is 0 Å². The third-order valence-corrected chi connectivity index (χ3v) is 5.81. The average molecular weight is 427 g/mol. The number of ether oxygens (including phenoxy) is 2. The van der Waals surface area contributed by atoms with Crippen LogP contribution in [0.25, 0.3) is 0 Å². The number of esters is 1.